The number of carbonyl (C=O) groups is 5. The smallest absolute Gasteiger partial charge is 0.326 e. The highest BCUT2D eigenvalue weighted by molar-refractivity contribution is 5.92. The summed E-state index contributed by atoms with van der Waals surface area (Å²) in [6.07, 6.45) is -0.337. The number of benzene rings is 1. The maximum atomic E-state index is 12.6. The summed E-state index contributed by atoms with van der Waals surface area (Å²) in [5, 5.41) is 34.5. The molecule has 0 aromatic heterocycles. The lowest BCUT2D eigenvalue weighted by Crippen LogP contribution is -2.54. The van der Waals surface area contributed by atoms with Crippen LogP contribution in [0.3, 0.4) is 0 Å². The molecule has 3 amide bonds. The third kappa shape index (κ3) is 12.7. The number of aliphatic imine (C=N–C) groups is 1. The minimum atomic E-state index is -1.31. The first kappa shape index (κ1) is 30.6. The first-order valence-electron chi connectivity index (χ1n) is 11.3. The largest absolute Gasteiger partial charge is 0.508 e. The van der Waals surface area contributed by atoms with E-state index in [1.165, 1.54) is 12.1 Å². The fraction of sp³-hybridized carbons (Fsp3) is 0.455. The van der Waals surface area contributed by atoms with Crippen LogP contribution in [0.2, 0.25) is 0 Å². The molecule has 0 fully saturated rings. The number of carbonyl (C=O) groups excluding carboxylic acids is 3. The highest BCUT2D eigenvalue weighted by Crippen LogP contribution is 2.11. The Bertz CT molecular complexity index is 980. The van der Waals surface area contributed by atoms with Crippen LogP contribution in [0.5, 0.6) is 5.75 Å². The van der Waals surface area contributed by atoms with E-state index in [2.05, 4.69) is 20.9 Å². The van der Waals surface area contributed by atoms with Gasteiger partial charge < -0.3 is 48.5 Å². The molecular formula is C22H33N7O8. The normalized spacial score (nSPS) is 12.9. The van der Waals surface area contributed by atoms with Crippen LogP contribution in [0.1, 0.15) is 31.2 Å². The number of carboxylic acid groups (broad SMARTS) is 2. The Morgan fingerprint density at radius 2 is 1.57 bits per heavy atom. The predicted octanol–water partition coefficient (Wildman–Crippen LogP) is -2.65. The number of nitrogens with zero attached hydrogens (tertiary/aromatic N) is 1. The summed E-state index contributed by atoms with van der Waals surface area (Å²) in [5.41, 5.74) is 16.9. The number of phenols is 1. The molecule has 0 saturated heterocycles. The van der Waals surface area contributed by atoms with Gasteiger partial charge in [-0.15, -0.1) is 0 Å². The second-order valence-electron chi connectivity index (χ2n) is 8.10. The van der Waals surface area contributed by atoms with Crippen LogP contribution in [0.25, 0.3) is 0 Å². The maximum Gasteiger partial charge on any atom is 0.326 e. The summed E-state index contributed by atoms with van der Waals surface area (Å²) in [6.45, 7) is -0.450. The fourth-order valence-corrected chi connectivity index (χ4v) is 3.09. The molecule has 0 aliphatic carbocycles. The standard InChI is InChI=1S/C22H33N7O8/c23-14(10-12-3-5-13(30)6-4-12)19(34)29-15(7-8-18(32)33)20(35)27-11-17(31)28-16(21(36)37)2-1-9-26-22(24)25/h3-6,14-16,30H,1-2,7-11,23H2,(H,27,35)(H,28,31)(H,29,34)(H,32,33)(H,36,37)(H4,24,25,26). The summed E-state index contributed by atoms with van der Waals surface area (Å²) in [5.74, 6) is -4.99. The lowest BCUT2D eigenvalue weighted by atomic mass is 10.0. The zero-order valence-corrected chi connectivity index (χ0v) is 20.1. The number of nitrogens with one attached hydrogen (secondary N) is 3. The molecule has 0 heterocycles. The number of rotatable bonds is 16. The highest BCUT2D eigenvalue weighted by Gasteiger charge is 2.26. The van der Waals surface area contributed by atoms with E-state index in [0.717, 1.165) is 0 Å². The van der Waals surface area contributed by atoms with E-state index in [1.807, 2.05) is 0 Å². The molecule has 0 spiro atoms. The van der Waals surface area contributed by atoms with Crippen LogP contribution in [0.4, 0.5) is 0 Å². The van der Waals surface area contributed by atoms with Crippen LogP contribution in [-0.2, 0) is 30.4 Å². The Kier molecular flexibility index (Phi) is 12.9. The number of phenolic OH excluding ortho intramolecular Hbond substituents is 1. The molecule has 37 heavy (non-hydrogen) atoms. The number of nitrogens with two attached hydrogens (primary N) is 3. The Hall–Kier alpha value is -4.40. The molecule has 15 heteroatoms. The van der Waals surface area contributed by atoms with Crippen molar-refractivity contribution in [1.82, 2.24) is 16.0 Å². The Morgan fingerprint density at radius 3 is 2.14 bits per heavy atom. The number of aliphatic carboxylic acids is 2. The second kappa shape index (κ2) is 15.6. The summed E-state index contributed by atoms with van der Waals surface area (Å²) in [7, 11) is 0. The van der Waals surface area contributed by atoms with E-state index in [1.54, 1.807) is 12.1 Å². The molecule has 0 aliphatic heterocycles. The van der Waals surface area contributed by atoms with Gasteiger partial charge in [0, 0.05) is 13.0 Å². The van der Waals surface area contributed by atoms with E-state index in [0.29, 0.717) is 5.56 Å². The van der Waals surface area contributed by atoms with Crippen LogP contribution >= 0.6 is 0 Å². The average Bonchev–Trinajstić information content (AvgIpc) is 2.82. The first-order valence-corrected chi connectivity index (χ1v) is 11.3. The minimum Gasteiger partial charge on any atom is -0.508 e. The number of hydrogen-bond donors (Lipinski definition) is 9. The number of guanidine groups is 1. The molecule has 1 aromatic rings. The van der Waals surface area contributed by atoms with E-state index in [4.69, 9.17) is 22.3 Å². The average molecular weight is 524 g/mol. The highest BCUT2D eigenvalue weighted by atomic mass is 16.4. The van der Waals surface area contributed by atoms with Gasteiger partial charge >= 0.3 is 11.9 Å². The molecule has 15 nitrogen and oxygen atoms in total. The van der Waals surface area contributed by atoms with Crippen molar-refractivity contribution in [1.29, 1.82) is 0 Å². The SMILES string of the molecule is NC(N)=NCCCC(NC(=O)CNC(=O)C(CCC(=O)O)NC(=O)C(N)Cc1ccc(O)cc1)C(=O)O. The van der Waals surface area contributed by atoms with Gasteiger partial charge in [-0.25, -0.2) is 4.79 Å². The van der Waals surface area contributed by atoms with Gasteiger partial charge in [-0.1, -0.05) is 12.1 Å². The third-order valence-corrected chi connectivity index (χ3v) is 5.01. The number of aromatic hydroxyl groups is 1. The molecule has 1 aromatic carbocycles. The van der Waals surface area contributed by atoms with E-state index in [9.17, 15) is 34.2 Å². The van der Waals surface area contributed by atoms with E-state index < -0.39 is 60.8 Å². The zero-order chi connectivity index (χ0) is 28.0. The van der Waals surface area contributed by atoms with Gasteiger partial charge in [0.1, 0.15) is 17.8 Å². The van der Waals surface area contributed by atoms with Gasteiger partial charge in [-0.05, 0) is 43.4 Å². The van der Waals surface area contributed by atoms with Crippen molar-refractivity contribution in [2.45, 2.75) is 50.2 Å². The third-order valence-electron chi connectivity index (χ3n) is 5.01. The van der Waals surface area contributed by atoms with Gasteiger partial charge in [-0.2, -0.15) is 0 Å². The van der Waals surface area contributed by atoms with Gasteiger partial charge in [0.25, 0.3) is 0 Å². The molecule has 3 atom stereocenters. The van der Waals surface area contributed by atoms with Crippen molar-refractivity contribution in [2.75, 3.05) is 13.1 Å². The zero-order valence-electron chi connectivity index (χ0n) is 20.1. The van der Waals surface area contributed by atoms with E-state index in [-0.39, 0.29) is 43.9 Å². The van der Waals surface area contributed by atoms with Crippen molar-refractivity contribution in [3.8, 4) is 5.75 Å². The summed E-state index contributed by atoms with van der Waals surface area (Å²) in [6, 6.07) is 2.35. The minimum absolute atomic E-state index is 0.0298. The summed E-state index contributed by atoms with van der Waals surface area (Å²) >= 11 is 0. The predicted molar refractivity (Wildman–Crippen MR) is 131 cm³/mol. The molecular weight excluding hydrogens is 490 g/mol. The molecule has 0 saturated carbocycles. The second-order valence-corrected chi connectivity index (χ2v) is 8.10. The van der Waals surface area contributed by atoms with Crippen LogP contribution in [0.15, 0.2) is 29.3 Å². The van der Waals surface area contributed by atoms with Gasteiger partial charge in [-0.3, -0.25) is 24.2 Å². The van der Waals surface area contributed by atoms with Gasteiger partial charge in [0.05, 0.1) is 12.6 Å². The summed E-state index contributed by atoms with van der Waals surface area (Å²) < 4.78 is 0. The Labute approximate surface area is 212 Å². The summed E-state index contributed by atoms with van der Waals surface area (Å²) in [4.78, 5) is 63.4. The Morgan fingerprint density at radius 1 is 0.919 bits per heavy atom. The molecule has 0 aliphatic rings. The number of carboxylic acids is 2. The van der Waals surface area contributed by atoms with Crippen molar-refractivity contribution >= 4 is 35.6 Å². The van der Waals surface area contributed by atoms with Crippen LogP contribution < -0.4 is 33.2 Å². The monoisotopic (exact) mass is 523 g/mol. The van der Waals surface area contributed by atoms with Crippen LogP contribution in [0, 0.1) is 0 Å². The number of amides is 3. The van der Waals surface area contributed by atoms with Crippen LogP contribution in [-0.4, -0.2) is 82.2 Å². The molecule has 3 unspecified atom stereocenters. The van der Waals surface area contributed by atoms with Crippen molar-refractivity contribution in [2.24, 2.45) is 22.2 Å². The lowest BCUT2D eigenvalue weighted by molar-refractivity contribution is -0.142. The first-order chi connectivity index (χ1) is 17.4. The molecule has 12 N–H and O–H groups in total. The van der Waals surface area contributed by atoms with Crippen molar-refractivity contribution in [3.05, 3.63) is 29.8 Å². The van der Waals surface area contributed by atoms with Gasteiger partial charge in [0.2, 0.25) is 17.7 Å². The molecule has 0 radical (unpaired) electrons. The fourth-order valence-electron chi connectivity index (χ4n) is 3.09. The topological polar surface area (TPSA) is 273 Å². The van der Waals surface area contributed by atoms with Crippen molar-refractivity contribution < 1.29 is 39.3 Å². The van der Waals surface area contributed by atoms with E-state index >= 15 is 0 Å². The maximum absolute atomic E-state index is 12.6. The molecule has 1 rings (SSSR count). The van der Waals surface area contributed by atoms with Crippen molar-refractivity contribution in [3.63, 3.8) is 0 Å². The lowest BCUT2D eigenvalue weighted by Gasteiger charge is -2.21. The quantitative estimate of drug-likeness (QED) is 0.0613. The Balaban J connectivity index is 2.68. The van der Waals surface area contributed by atoms with Gasteiger partial charge in [0.15, 0.2) is 5.96 Å². The number of hydrogen-bond acceptors (Lipinski definition) is 8. The molecule has 0 bridgehead atoms. The molecule has 204 valence electrons.